The van der Waals surface area contributed by atoms with Crippen LogP contribution < -0.4 is 11.4 Å². The zero-order chi connectivity index (χ0) is 12.4. The molecular weight excluding hydrogens is 221 g/mol. The quantitative estimate of drug-likeness (QED) is 0.818. The van der Waals surface area contributed by atoms with Crippen LogP contribution in [0.15, 0.2) is 35.4 Å². The lowest BCUT2D eigenvalue weighted by Crippen LogP contribution is -2.24. The van der Waals surface area contributed by atoms with E-state index in [9.17, 15) is 9.18 Å². The molecule has 2 aromatic rings. The molecule has 0 fully saturated rings. The number of rotatable bonds is 3. The van der Waals surface area contributed by atoms with E-state index in [1.807, 2.05) is 6.92 Å². The van der Waals surface area contributed by atoms with Gasteiger partial charge in [0.1, 0.15) is 5.82 Å². The maximum absolute atomic E-state index is 13.6. The summed E-state index contributed by atoms with van der Waals surface area (Å²) >= 11 is 0. The Balaban J connectivity index is 2.38. The molecule has 1 heterocycles. The van der Waals surface area contributed by atoms with Crippen molar-refractivity contribution in [3.63, 3.8) is 0 Å². The van der Waals surface area contributed by atoms with E-state index in [0.717, 1.165) is 0 Å². The highest BCUT2D eigenvalue weighted by atomic mass is 19.1. The molecular formula is C12H14FN3O. The average molecular weight is 235 g/mol. The fraction of sp³-hybridized carbons (Fsp3) is 0.250. The normalized spacial score (nSPS) is 10.7. The Bertz CT molecular complexity index is 565. The maximum Gasteiger partial charge on any atom is 0.328 e. The Labute approximate surface area is 98.1 Å². The van der Waals surface area contributed by atoms with Crippen LogP contribution in [0.2, 0.25) is 0 Å². The average Bonchev–Trinajstić information content (AvgIpc) is 2.65. The second-order valence-corrected chi connectivity index (χ2v) is 3.80. The summed E-state index contributed by atoms with van der Waals surface area (Å²) in [6.07, 6.45) is 3.32. The van der Waals surface area contributed by atoms with E-state index in [0.29, 0.717) is 17.8 Å². The van der Waals surface area contributed by atoms with Crippen LogP contribution in [0.1, 0.15) is 12.5 Å². The van der Waals surface area contributed by atoms with Gasteiger partial charge in [-0.25, -0.2) is 9.18 Å². The van der Waals surface area contributed by atoms with Gasteiger partial charge in [-0.05, 0) is 19.1 Å². The van der Waals surface area contributed by atoms with Crippen LogP contribution in [0, 0.1) is 5.82 Å². The zero-order valence-electron chi connectivity index (χ0n) is 9.56. The molecule has 0 aliphatic rings. The molecule has 0 unspecified atom stereocenters. The molecule has 90 valence electrons. The van der Waals surface area contributed by atoms with Gasteiger partial charge >= 0.3 is 5.69 Å². The molecule has 4 nitrogen and oxygen atoms in total. The van der Waals surface area contributed by atoms with Gasteiger partial charge in [-0.2, -0.15) is 0 Å². The van der Waals surface area contributed by atoms with Crippen molar-refractivity contribution in [2.45, 2.75) is 20.0 Å². The fourth-order valence-electron chi connectivity index (χ4n) is 1.73. The predicted octanol–water partition coefficient (Wildman–Crippen LogP) is 1.44. The van der Waals surface area contributed by atoms with E-state index in [1.54, 1.807) is 29.1 Å². The number of imidazole rings is 1. The summed E-state index contributed by atoms with van der Waals surface area (Å²) in [5, 5.41) is 0. The van der Waals surface area contributed by atoms with Gasteiger partial charge in [-0.3, -0.25) is 9.13 Å². The lowest BCUT2D eigenvalue weighted by Gasteiger charge is -2.07. The predicted molar refractivity (Wildman–Crippen MR) is 64.3 cm³/mol. The monoisotopic (exact) mass is 235 g/mol. The number of nitrogens with zero attached hydrogens (tertiary/aromatic N) is 2. The van der Waals surface area contributed by atoms with Gasteiger partial charge in [0.25, 0.3) is 0 Å². The summed E-state index contributed by atoms with van der Waals surface area (Å²) in [4.78, 5) is 11.8. The van der Waals surface area contributed by atoms with E-state index < -0.39 is 0 Å². The van der Waals surface area contributed by atoms with Gasteiger partial charge in [-0.15, -0.1) is 0 Å². The third-order valence-corrected chi connectivity index (χ3v) is 2.74. The highest BCUT2D eigenvalue weighted by molar-refractivity contribution is 5.47. The molecule has 0 bridgehead atoms. The first kappa shape index (κ1) is 11.4. The fourth-order valence-corrected chi connectivity index (χ4v) is 1.73. The van der Waals surface area contributed by atoms with Crippen molar-refractivity contribution >= 4 is 5.69 Å². The van der Waals surface area contributed by atoms with E-state index in [-0.39, 0.29) is 18.1 Å². The zero-order valence-corrected chi connectivity index (χ0v) is 9.56. The van der Waals surface area contributed by atoms with Crippen LogP contribution in [0.4, 0.5) is 10.1 Å². The van der Waals surface area contributed by atoms with Crippen LogP contribution in [-0.4, -0.2) is 9.13 Å². The van der Waals surface area contributed by atoms with Crippen molar-refractivity contribution < 1.29 is 4.39 Å². The van der Waals surface area contributed by atoms with Gasteiger partial charge < -0.3 is 5.73 Å². The first-order valence-corrected chi connectivity index (χ1v) is 5.42. The number of nitrogens with two attached hydrogens (primary N) is 1. The smallest absolute Gasteiger partial charge is 0.328 e. The van der Waals surface area contributed by atoms with Crippen molar-refractivity contribution in [1.82, 2.24) is 9.13 Å². The van der Waals surface area contributed by atoms with Crippen LogP contribution in [0.5, 0.6) is 0 Å². The molecule has 0 saturated heterocycles. The second-order valence-electron chi connectivity index (χ2n) is 3.80. The number of hydrogen-bond donors (Lipinski definition) is 1. The summed E-state index contributed by atoms with van der Waals surface area (Å²) in [6, 6.07) is 4.52. The number of aryl methyl sites for hydroxylation is 1. The molecule has 2 rings (SSSR count). The van der Waals surface area contributed by atoms with Gasteiger partial charge in [0.05, 0.1) is 6.54 Å². The minimum absolute atomic E-state index is 0.157. The van der Waals surface area contributed by atoms with E-state index in [4.69, 9.17) is 5.73 Å². The van der Waals surface area contributed by atoms with Crippen molar-refractivity contribution in [2.24, 2.45) is 0 Å². The number of halogens is 1. The molecule has 0 amide bonds. The number of nitrogen functional groups attached to an aromatic ring is 1. The number of anilines is 1. The molecule has 17 heavy (non-hydrogen) atoms. The highest BCUT2D eigenvalue weighted by Gasteiger charge is 2.09. The summed E-state index contributed by atoms with van der Waals surface area (Å²) in [6.45, 7) is 2.63. The summed E-state index contributed by atoms with van der Waals surface area (Å²) in [5.41, 5.74) is 6.25. The second kappa shape index (κ2) is 4.45. The Morgan fingerprint density at radius 3 is 2.59 bits per heavy atom. The molecule has 1 aromatic carbocycles. The highest BCUT2D eigenvalue weighted by Crippen LogP contribution is 2.16. The van der Waals surface area contributed by atoms with E-state index in [1.165, 1.54) is 10.6 Å². The molecule has 0 atom stereocenters. The molecule has 0 spiro atoms. The topological polar surface area (TPSA) is 52.9 Å². The SMILES string of the molecule is CCn1ccn(Cc2c(N)cccc2F)c1=O. The third-order valence-electron chi connectivity index (χ3n) is 2.74. The largest absolute Gasteiger partial charge is 0.398 e. The van der Waals surface area contributed by atoms with Crippen molar-refractivity contribution in [3.05, 3.63) is 52.5 Å². The molecule has 0 saturated carbocycles. The summed E-state index contributed by atoms with van der Waals surface area (Å²) in [7, 11) is 0. The minimum Gasteiger partial charge on any atom is -0.398 e. The van der Waals surface area contributed by atoms with Gasteiger partial charge in [0, 0.05) is 30.2 Å². The van der Waals surface area contributed by atoms with Crippen molar-refractivity contribution in [3.8, 4) is 0 Å². The van der Waals surface area contributed by atoms with Gasteiger partial charge in [0.15, 0.2) is 0 Å². The van der Waals surface area contributed by atoms with Crippen molar-refractivity contribution in [2.75, 3.05) is 5.73 Å². The number of benzene rings is 1. The first-order chi connectivity index (χ1) is 8.13. The van der Waals surface area contributed by atoms with E-state index in [2.05, 4.69) is 0 Å². The third kappa shape index (κ3) is 2.08. The van der Waals surface area contributed by atoms with Gasteiger partial charge in [0.2, 0.25) is 0 Å². The first-order valence-electron chi connectivity index (χ1n) is 5.42. The Morgan fingerprint density at radius 2 is 2.00 bits per heavy atom. The lowest BCUT2D eigenvalue weighted by atomic mass is 10.1. The minimum atomic E-state index is -0.388. The standard InChI is InChI=1S/C12H14FN3O/c1-2-15-6-7-16(12(15)17)8-9-10(13)4-3-5-11(9)14/h3-7H,2,8,14H2,1H3. The Kier molecular flexibility index (Phi) is 2.99. The Morgan fingerprint density at radius 1 is 1.29 bits per heavy atom. The molecule has 1 aromatic heterocycles. The summed E-state index contributed by atoms with van der Waals surface area (Å²) < 4.78 is 16.5. The molecule has 2 N–H and O–H groups in total. The van der Waals surface area contributed by atoms with E-state index >= 15 is 0 Å². The Hall–Kier alpha value is -2.04. The maximum atomic E-state index is 13.6. The molecule has 0 aliphatic carbocycles. The van der Waals surface area contributed by atoms with Crippen LogP contribution in [-0.2, 0) is 13.1 Å². The number of aromatic nitrogens is 2. The number of hydrogen-bond acceptors (Lipinski definition) is 2. The molecule has 0 aliphatic heterocycles. The van der Waals surface area contributed by atoms with Crippen molar-refractivity contribution in [1.29, 1.82) is 0 Å². The summed E-state index contributed by atoms with van der Waals surface area (Å²) in [5.74, 6) is -0.388. The van der Waals surface area contributed by atoms with Crippen LogP contribution in [0.25, 0.3) is 0 Å². The molecule has 0 radical (unpaired) electrons. The lowest BCUT2D eigenvalue weighted by molar-refractivity contribution is 0.592. The van der Waals surface area contributed by atoms with Crippen LogP contribution in [0.3, 0.4) is 0 Å². The molecule has 5 heteroatoms. The van der Waals surface area contributed by atoms with Crippen LogP contribution >= 0.6 is 0 Å². The van der Waals surface area contributed by atoms with Gasteiger partial charge in [-0.1, -0.05) is 6.07 Å².